The maximum Gasteiger partial charge on any atom is 0.240 e. The third-order valence-corrected chi connectivity index (χ3v) is 4.10. The Balaban J connectivity index is 2.01. The molecule has 2 aromatic rings. The number of rotatable bonds is 6. The molecule has 0 aliphatic carbocycles. The first kappa shape index (κ1) is 13.6. The maximum atomic E-state index is 12.0. The van der Waals surface area contributed by atoms with Gasteiger partial charge in [-0.2, -0.15) is 0 Å². The van der Waals surface area contributed by atoms with Gasteiger partial charge in [-0.05, 0) is 30.2 Å². The molecule has 0 bridgehead atoms. The summed E-state index contributed by atoms with van der Waals surface area (Å²) in [7, 11) is -2.01. The van der Waals surface area contributed by atoms with Crippen LogP contribution in [-0.4, -0.2) is 22.1 Å². The monoisotopic (exact) mass is 281 g/mol. The van der Waals surface area contributed by atoms with Crippen LogP contribution in [0.1, 0.15) is 5.56 Å². The number of methoxy groups -OCH3 is 1. The van der Waals surface area contributed by atoms with Crippen LogP contribution in [0, 0.1) is 0 Å². The molecule has 0 spiro atoms. The van der Waals surface area contributed by atoms with Crippen molar-refractivity contribution in [2.45, 2.75) is 11.3 Å². The van der Waals surface area contributed by atoms with Crippen LogP contribution in [0.2, 0.25) is 0 Å². The first-order valence-corrected chi connectivity index (χ1v) is 7.25. The SMILES string of the molecule is COc1cccc(S(=O)(=O)NCCc2ccoc2)c1. The highest BCUT2D eigenvalue weighted by molar-refractivity contribution is 7.89. The highest BCUT2D eigenvalue weighted by atomic mass is 32.2. The molecule has 1 N–H and O–H groups in total. The van der Waals surface area contributed by atoms with Crippen molar-refractivity contribution in [1.29, 1.82) is 0 Å². The minimum absolute atomic E-state index is 0.194. The molecule has 0 saturated carbocycles. The quantitative estimate of drug-likeness (QED) is 0.876. The first-order chi connectivity index (χ1) is 9.12. The summed E-state index contributed by atoms with van der Waals surface area (Å²) in [5.74, 6) is 0.512. The molecule has 0 fully saturated rings. The molecule has 6 heteroatoms. The van der Waals surface area contributed by atoms with E-state index in [2.05, 4.69) is 4.72 Å². The lowest BCUT2D eigenvalue weighted by molar-refractivity contribution is 0.413. The summed E-state index contributed by atoms with van der Waals surface area (Å²) in [6.45, 7) is 0.319. The molecule has 0 aliphatic rings. The van der Waals surface area contributed by atoms with E-state index in [4.69, 9.17) is 9.15 Å². The predicted molar refractivity (Wildman–Crippen MR) is 70.6 cm³/mol. The number of hydrogen-bond donors (Lipinski definition) is 1. The van der Waals surface area contributed by atoms with Gasteiger partial charge in [0.25, 0.3) is 0 Å². The zero-order chi connectivity index (χ0) is 13.7. The molecular formula is C13H15NO4S. The van der Waals surface area contributed by atoms with E-state index in [1.807, 2.05) is 0 Å². The molecule has 19 heavy (non-hydrogen) atoms. The van der Waals surface area contributed by atoms with Gasteiger partial charge in [0.15, 0.2) is 0 Å². The van der Waals surface area contributed by atoms with Crippen LogP contribution in [0.4, 0.5) is 0 Å². The average molecular weight is 281 g/mol. The maximum absolute atomic E-state index is 12.0. The molecule has 2 rings (SSSR count). The van der Waals surface area contributed by atoms with Crippen molar-refractivity contribution in [3.63, 3.8) is 0 Å². The Labute approximate surface area is 112 Å². The van der Waals surface area contributed by atoms with Crippen LogP contribution in [0.3, 0.4) is 0 Å². The topological polar surface area (TPSA) is 68.5 Å². The van der Waals surface area contributed by atoms with E-state index in [1.165, 1.54) is 19.2 Å². The molecule has 0 amide bonds. The minimum atomic E-state index is -3.51. The number of furan rings is 1. The normalized spacial score (nSPS) is 11.4. The minimum Gasteiger partial charge on any atom is -0.497 e. The summed E-state index contributed by atoms with van der Waals surface area (Å²) < 4.78 is 36.5. The summed E-state index contributed by atoms with van der Waals surface area (Å²) in [5, 5.41) is 0. The number of sulfonamides is 1. The van der Waals surface area contributed by atoms with E-state index in [9.17, 15) is 8.42 Å². The Morgan fingerprint density at radius 1 is 1.32 bits per heavy atom. The molecule has 1 heterocycles. The second-order valence-electron chi connectivity index (χ2n) is 3.96. The molecule has 5 nitrogen and oxygen atoms in total. The van der Waals surface area contributed by atoms with Crippen LogP contribution in [0.15, 0.2) is 52.2 Å². The van der Waals surface area contributed by atoms with Crippen molar-refractivity contribution in [2.24, 2.45) is 0 Å². The lowest BCUT2D eigenvalue weighted by atomic mass is 10.2. The van der Waals surface area contributed by atoms with Crippen molar-refractivity contribution in [1.82, 2.24) is 4.72 Å². The Kier molecular flexibility index (Phi) is 4.24. The summed E-state index contributed by atoms with van der Waals surface area (Å²) in [4.78, 5) is 0.194. The Bertz CT molecular complexity index is 620. The van der Waals surface area contributed by atoms with Gasteiger partial charge in [-0.1, -0.05) is 6.07 Å². The average Bonchev–Trinajstić information content (AvgIpc) is 2.92. The summed E-state index contributed by atoms with van der Waals surface area (Å²) in [5.41, 5.74) is 0.952. The molecule has 0 atom stereocenters. The van der Waals surface area contributed by atoms with Gasteiger partial charge in [0, 0.05) is 12.6 Å². The molecule has 0 aliphatic heterocycles. The van der Waals surface area contributed by atoms with Crippen molar-refractivity contribution < 1.29 is 17.6 Å². The van der Waals surface area contributed by atoms with E-state index >= 15 is 0 Å². The van der Waals surface area contributed by atoms with E-state index in [0.29, 0.717) is 18.7 Å². The van der Waals surface area contributed by atoms with E-state index in [1.54, 1.807) is 30.7 Å². The Morgan fingerprint density at radius 2 is 2.16 bits per heavy atom. The summed E-state index contributed by atoms with van der Waals surface area (Å²) >= 11 is 0. The number of nitrogens with one attached hydrogen (secondary N) is 1. The van der Waals surface area contributed by atoms with Gasteiger partial charge in [-0.15, -0.1) is 0 Å². The summed E-state index contributed by atoms with van der Waals surface area (Å²) in [6, 6.07) is 8.16. The van der Waals surface area contributed by atoms with Gasteiger partial charge in [0.1, 0.15) is 5.75 Å². The molecule has 1 aromatic heterocycles. The van der Waals surface area contributed by atoms with Crippen LogP contribution >= 0.6 is 0 Å². The summed E-state index contributed by atoms with van der Waals surface area (Å²) in [6.07, 6.45) is 3.74. The second-order valence-corrected chi connectivity index (χ2v) is 5.73. The highest BCUT2D eigenvalue weighted by Gasteiger charge is 2.14. The van der Waals surface area contributed by atoms with Gasteiger partial charge in [-0.25, -0.2) is 13.1 Å². The molecule has 0 unspecified atom stereocenters. The fourth-order valence-corrected chi connectivity index (χ4v) is 2.68. The lowest BCUT2D eigenvalue weighted by Crippen LogP contribution is -2.25. The van der Waals surface area contributed by atoms with E-state index in [0.717, 1.165) is 5.56 Å². The van der Waals surface area contributed by atoms with Gasteiger partial charge in [0.2, 0.25) is 10.0 Å². The largest absolute Gasteiger partial charge is 0.497 e. The third kappa shape index (κ3) is 3.59. The lowest BCUT2D eigenvalue weighted by Gasteiger charge is -2.07. The standard InChI is InChI=1S/C13H15NO4S/c1-17-12-3-2-4-13(9-12)19(15,16)14-7-5-11-6-8-18-10-11/h2-4,6,8-10,14H,5,7H2,1H3. The van der Waals surface area contributed by atoms with Crippen LogP contribution in [-0.2, 0) is 16.4 Å². The van der Waals surface area contributed by atoms with Crippen molar-refractivity contribution in [2.75, 3.05) is 13.7 Å². The highest BCUT2D eigenvalue weighted by Crippen LogP contribution is 2.16. The molecular weight excluding hydrogens is 266 g/mol. The van der Waals surface area contributed by atoms with Crippen molar-refractivity contribution in [3.8, 4) is 5.75 Å². The fourth-order valence-electron chi connectivity index (χ4n) is 1.62. The van der Waals surface area contributed by atoms with Crippen LogP contribution < -0.4 is 9.46 Å². The van der Waals surface area contributed by atoms with E-state index < -0.39 is 10.0 Å². The molecule has 102 valence electrons. The van der Waals surface area contributed by atoms with Gasteiger partial charge in [0.05, 0.1) is 24.5 Å². The van der Waals surface area contributed by atoms with Gasteiger partial charge < -0.3 is 9.15 Å². The third-order valence-electron chi connectivity index (χ3n) is 2.64. The fraction of sp³-hybridized carbons (Fsp3) is 0.231. The molecule has 0 saturated heterocycles. The van der Waals surface area contributed by atoms with Gasteiger partial charge >= 0.3 is 0 Å². The second kappa shape index (κ2) is 5.90. The van der Waals surface area contributed by atoms with Crippen molar-refractivity contribution >= 4 is 10.0 Å². The smallest absolute Gasteiger partial charge is 0.240 e. The molecule has 0 radical (unpaired) electrons. The van der Waals surface area contributed by atoms with E-state index in [-0.39, 0.29) is 4.90 Å². The number of ether oxygens (including phenoxy) is 1. The Hall–Kier alpha value is -1.79. The van der Waals surface area contributed by atoms with Crippen LogP contribution in [0.5, 0.6) is 5.75 Å². The van der Waals surface area contributed by atoms with Crippen molar-refractivity contribution in [3.05, 3.63) is 48.4 Å². The predicted octanol–water partition coefficient (Wildman–Crippen LogP) is 1.81. The number of hydrogen-bond acceptors (Lipinski definition) is 4. The zero-order valence-corrected chi connectivity index (χ0v) is 11.3. The zero-order valence-electron chi connectivity index (χ0n) is 10.5. The Morgan fingerprint density at radius 3 is 2.84 bits per heavy atom. The van der Waals surface area contributed by atoms with Crippen LogP contribution in [0.25, 0.3) is 0 Å². The molecule has 1 aromatic carbocycles. The van der Waals surface area contributed by atoms with Gasteiger partial charge in [-0.3, -0.25) is 0 Å². The number of benzene rings is 1. The first-order valence-electron chi connectivity index (χ1n) is 5.76.